The summed E-state index contributed by atoms with van der Waals surface area (Å²) in [7, 11) is 0. The number of hydrogen-bond acceptors (Lipinski definition) is 8. The van der Waals surface area contributed by atoms with E-state index in [4.69, 9.17) is 22.3 Å². The summed E-state index contributed by atoms with van der Waals surface area (Å²) < 4.78 is 0. The highest BCUT2D eigenvalue weighted by Crippen LogP contribution is 2.21. The number of likely N-dealkylation sites (tertiary alicyclic amines) is 1. The van der Waals surface area contributed by atoms with E-state index in [9.17, 15) is 29.1 Å². The largest absolute Gasteiger partial charge is 0.508 e. The van der Waals surface area contributed by atoms with Gasteiger partial charge in [-0.1, -0.05) is 26.0 Å². The first-order valence-electron chi connectivity index (χ1n) is 14.7. The molecule has 15 nitrogen and oxygen atoms in total. The number of nitrogens with zero attached hydrogens (tertiary/aromatic N) is 2. The van der Waals surface area contributed by atoms with Gasteiger partial charge < -0.3 is 48.3 Å². The maximum absolute atomic E-state index is 13.7. The summed E-state index contributed by atoms with van der Waals surface area (Å²) in [4.78, 5) is 69.7. The van der Waals surface area contributed by atoms with E-state index >= 15 is 0 Å². The minimum Gasteiger partial charge on any atom is -0.508 e. The normalized spacial score (nSPS) is 17.2. The molecule has 1 aromatic rings. The number of nitrogens with one attached hydrogen (secondary N) is 3. The Balaban J connectivity index is 2.23. The molecule has 0 unspecified atom stereocenters. The summed E-state index contributed by atoms with van der Waals surface area (Å²) in [5, 5.41) is 26.7. The molecule has 4 amide bonds. The van der Waals surface area contributed by atoms with Crippen LogP contribution < -0.4 is 33.2 Å². The number of hydrogen-bond donors (Lipinski definition) is 8. The van der Waals surface area contributed by atoms with E-state index < -0.39 is 59.8 Å². The maximum Gasteiger partial charge on any atom is 0.325 e. The Labute approximate surface area is 257 Å². The van der Waals surface area contributed by atoms with Gasteiger partial charge in [0, 0.05) is 19.5 Å². The van der Waals surface area contributed by atoms with E-state index in [-0.39, 0.29) is 50.0 Å². The second-order valence-electron chi connectivity index (χ2n) is 11.4. The van der Waals surface area contributed by atoms with E-state index in [1.54, 1.807) is 12.1 Å². The van der Waals surface area contributed by atoms with Crippen molar-refractivity contribution in [1.82, 2.24) is 20.9 Å². The highest BCUT2D eigenvalue weighted by Gasteiger charge is 2.39. The van der Waals surface area contributed by atoms with Crippen LogP contribution in [-0.2, 0) is 30.4 Å². The monoisotopic (exact) mass is 618 g/mol. The zero-order chi connectivity index (χ0) is 33.0. The number of guanidine groups is 1. The second kappa shape index (κ2) is 17.0. The zero-order valence-electron chi connectivity index (χ0n) is 25.5. The molecule has 0 bridgehead atoms. The number of carbonyl (C=O) groups is 5. The minimum absolute atomic E-state index is 0.0186. The Morgan fingerprint density at radius 2 is 1.64 bits per heavy atom. The van der Waals surface area contributed by atoms with Gasteiger partial charge in [-0.15, -0.1) is 0 Å². The van der Waals surface area contributed by atoms with Crippen LogP contribution >= 0.6 is 0 Å². The minimum atomic E-state index is -1.20. The first-order chi connectivity index (χ1) is 20.7. The van der Waals surface area contributed by atoms with Crippen LogP contribution in [0.5, 0.6) is 5.75 Å². The molecule has 1 aliphatic heterocycles. The smallest absolute Gasteiger partial charge is 0.325 e. The predicted octanol–water partition coefficient (Wildman–Crippen LogP) is -1.09. The number of aliphatic imine (C=N–C) groups is 1. The first kappa shape index (κ1) is 35.8. The van der Waals surface area contributed by atoms with Crippen molar-refractivity contribution in [2.24, 2.45) is 28.1 Å². The molecule has 0 saturated carbocycles. The topological polar surface area (TPSA) is 256 Å². The molecule has 44 heavy (non-hydrogen) atoms. The molecule has 15 heteroatoms. The van der Waals surface area contributed by atoms with Crippen molar-refractivity contribution >= 4 is 35.6 Å². The quantitative estimate of drug-likeness (QED) is 0.0631. The van der Waals surface area contributed by atoms with Crippen LogP contribution in [0.15, 0.2) is 29.3 Å². The molecule has 0 spiro atoms. The number of benzene rings is 1. The van der Waals surface area contributed by atoms with E-state index in [1.807, 2.05) is 13.8 Å². The number of aliphatic carboxylic acids is 1. The molecule has 244 valence electrons. The fraction of sp³-hybridized carbons (Fsp3) is 0.586. The number of carboxylic acid groups (broad SMARTS) is 1. The van der Waals surface area contributed by atoms with Gasteiger partial charge in [-0.3, -0.25) is 29.0 Å². The molecule has 0 aromatic heterocycles. The van der Waals surface area contributed by atoms with Crippen molar-refractivity contribution in [3.8, 4) is 5.75 Å². The number of rotatable bonds is 16. The summed E-state index contributed by atoms with van der Waals surface area (Å²) in [6.07, 6.45) is 1.88. The first-order valence-corrected chi connectivity index (χ1v) is 14.7. The van der Waals surface area contributed by atoms with Crippen LogP contribution in [0.25, 0.3) is 0 Å². The van der Waals surface area contributed by atoms with Gasteiger partial charge in [-0.05, 0) is 62.6 Å². The van der Waals surface area contributed by atoms with Gasteiger partial charge in [-0.2, -0.15) is 0 Å². The maximum atomic E-state index is 13.7. The van der Waals surface area contributed by atoms with E-state index in [2.05, 4.69) is 20.9 Å². The second-order valence-corrected chi connectivity index (χ2v) is 11.4. The molecule has 0 aliphatic carbocycles. The van der Waals surface area contributed by atoms with Gasteiger partial charge in [0.1, 0.15) is 29.9 Å². The number of aromatic hydroxyl groups is 1. The van der Waals surface area contributed by atoms with Gasteiger partial charge >= 0.3 is 5.97 Å². The lowest BCUT2D eigenvalue weighted by atomic mass is 10.00. The summed E-state index contributed by atoms with van der Waals surface area (Å²) in [5.41, 5.74) is 17.4. The molecule has 1 saturated heterocycles. The van der Waals surface area contributed by atoms with Gasteiger partial charge in [-0.25, -0.2) is 0 Å². The molecule has 1 aromatic carbocycles. The van der Waals surface area contributed by atoms with Crippen LogP contribution in [0.1, 0.15) is 58.4 Å². The van der Waals surface area contributed by atoms with Crippen molar-refractivity contribution in [3.05, 3.63) is 29.8 Å². The van der Waals surface area contributed by atoms with Crippen molar-refractivity contribution in [1.29, 1.82) is 0 Å². The molecule has 0 radical (unpaired) electrons. The third-order valence-corrected chi connectivity index (χ3v) is 7.20. The zero-order valence-corrected chi connectivity index (χ0v) is 25.5. The highest BCUT2D eigenvalue weighted by atomic mass is 16.4. The van der Waals surface area contributed by atoms with Gasteiger partial charge in [0.15, 0.2) is 5.96 Å². The van der Waals surface area contributed by atoms with Crippen molar-refractivity contribution in [2.75, 3.05) is 13.1 Å². The van der Waals surface area contributed by atoms with Crippen LogP contribution in [0.4, 0.5) is 0 Å². The van der Waals surface area contributed by atoms with Crippen LogP contribution in [0.2, 0.25) is 0 Å². The molecule has 1 aliphatic rings. The number of amides is 4. The molecule has 5 atom stereocenters. The summed E-state index contributed by atoms with van der Waals surface area (Å²) in [6.45, 7) is 5.65. The van der Waals surface area contributed by atoms with Gasteiger partial charge in [0.25, 0.3) is 0 Å². The van der Waals surface area contributed by atoms with Gasteiger partial charge in [0.2, 0.25) is 23.6 Å². The van der Waals surface area contributed by atoms with E-state index in [0.29, 0.717) is 24.8 Å². The third-order valence-electron chi connectivity index (χ3n) is 7.20. The SMILES string of the molecule is CC(C)C[C@H](NC(=O)[C@H](Cc1ccc(O)cc1)NC(=O)[C@@H](N)CCCN=C(N)N)C(=O)N1CCC[C@H]1C(=O)N[C@@H](C)C(=O)O. The Kier molecular flexibility index (Phi) is 13.9. The van der Waals surface area contributed by atoms with Crippen molar-refractivity contribution in [3.63, 3.8) is 0 Å². The molecule has 2 rings (SSSR count). The molecule has 1 heterocycles. The molecular formula is C29H46N8O7. The lowest BCUT2D eigenvalue weighted by molar-refractivity contribution is -0.144. The Morgan fingerprint density at radius 3 is 2.23 bits per heavy atom. The number of phenolic OH excluding ortho intramolecular Hbond substituents is 1. The van der Waals surface area contributed by atoms with E-state index in [1.165, 1.54) is 24.0 Å². The fourth-order valence-corrected chi connectivity index (χ4v) is 4.85. The molecule has 11 N–H and O–H groups in total. The van der Waals surface area contributed by atoms with E-state index in [0.717, 1.165) is 0 Å². The Hall–Kier alpha value is -4.40. The Bertz CT molecular complexity index is 1190. The molecular weight excluding hydrogens is 572 g/mol. The third kappa shape index (κ3) is 11.4. The summed E-state index contributed by atoms with van der Waals surface area (Å²) in [6, 6.07) is 1.04. The van der Waals surface area contributed by atoms with Crippen molar-refractivity contribution < 1.29 is 34.2 Å². The summed E-state index contributed by atoms with van der Waals surface area (Å²) in [5.74, 6) is -3.52. The number of phenols is 1. The van der Waals surface area contributed by atoms with Crippen LogP contribution in [0.3, 0.4) is 0 Å². The number of carbonyl (C=O) groups excluding carboxylic acids is 4. The van der Waals surface area contributed by atoms with Crippen LogP contribution in [-0.4, -0.2) is 94.0 Å². The fourth-order valence-electron chi connectivity index (χ4n) is 4.85. The lowest BCUT2D eigenvalue weighted by Gasteiger charge is -2.31. The average molecular weight is 619 g/mol. The molecule has 1 fully saturated rings. The van der Waals surface area contributed by atoms with Crippen LogP contribution in [0, 0.1) is 5.92 Å². The van der Waals surface area contributed by atoms with Crippen molar-refractivity contribution in [2.45, 2.75) is 89.5 Å². The van der Waals surface area contributed by atoms with Gasteiger partial charge in [0.05, 0.1) is 6.04 Å². The standard InChI is InChI=1S/C29H46N8O7/c1-16(2)14-22(27(42)37-13-5-7-23(37)26(41)34-17(3)28(43)44)36-25(40)21(15-18-8-10-19(38)11-9-18)35-24(39)20(30)6-4-12-33-29(31)32/h8-11,16-17,20-23,38H,4-7,12-15,30H2,1-3H3,(H,34,41)(H,35,39)(H,36,40)(H,43,44)(H4,31,32,33)/t17-,20-,21-,22-,23-/m0/s1. The number of nitrogens with two attached hydrogens (primary N) is 3. The summed E-state index contributed by atoms with van der Waals surface area (Å²) >= 11 is 0. The lowest BCUT2D eigenvalue weighted by Crippen LogP contribution is -2.58. The Morgan fingerprint density at radius 1 is 1.00 bits per heavy atom. The average Bonchev–Trinajstić information content (AvgIpc) is 3.45. The number of carboxylic acids is 1. The predicted molar refractivity (Wildman–Crippen MR) is 163 cm³/mol. The highest BCUT2D eigenvalue weighted by molar-refractivity contribution is 5.95.